The summed E-state index contributed by atoms with van der Waals surface area (Å²) in [6.45, 7) is 5.03. The van der Waals surface area contributed by atoms with E-state index in [2.05, 4.69) is 75.9 Å². The van der Waals surface area contributed by atoms with Gasteiger partial charge in [0.15, 0.2) is 0 Å². The van der Waals surface area contributed by atoms with Crippen LogP contribution in [0.1, 0.15) is 29.9 Å². The Morgan fingerprint density at radius 1 is 1.40 bits per heavy atom. The van der Waals surface area contributed by atoms with Gasteiger partial charge in [-0.1, -0.05) is 0 Å². The molecule has 0 amide bonds. The standard InChI is InChI=1S/C13H16Br3N3S/c1-4-19-10(12(15)7(2)18-19)6-9(17-3)8-5-11(14)20-13(8)16/h5,9,17H,4,6H2,1-3H3. The van der Waals surface area contributed by atoms with E-state index >= 15 is 0 Å². The lowest BCUT2D eigenvalue weighted by molar-refractivity contribution is 0.540. The number of thiophene rings is 1. The monoisotopic (exact) mass is 483 g/mol. The zero-order valence-corrected chi connectivity index (χ0v) is 17.1. The molecule has 0 aliphatic heterocycles. The number of hydrogen-bond acceptors (Lipinski definition) is 3. The van der Waals surface area contributed by atoms with E-state index in [4.69, 9.17) is 0 Å². The number of nitrogens with zero attached hydrogens (tertiary/aromatic N) is 2. The van der Waals surface area contributed by atoms with Crippen molar-refractivity contribution in [3.8, 4) is 0 Å². The minimum absolute atomic E-state index is 0.254. The Balaban J connectivity index is 2.34. The summed E-state index contributed by atoms with van der Waals surface area (Å²) in [5.74, 6) is 0. The smallest absolute Gasteiger partial charge is 0.0758 e. The zero-order chi connectivity index (χ0) is 14.9. The lowest BCUT2D eigenvalue weighted by atomic mass is 10.1. The van der Waals surface area contributed by atoms with Gasteiger partial charge in [0.25, 0.3) is 0 Å². The molecule has 110 valence electrons. The third-order valence-corrected chi connectivity index (χ3v) is 6.67. The predicted molar refractivity (Wildman–Crippen MR) is 95.6 cm³/mol. The zero-order valence-electron chi connectivity index (χ0n) is 11.5. The maximum atomic E-state index is 4.56. The molecule has 20 heavy (non-hydrogen) atoms. The molecular formula is C13H16Br3N3S. The normalized spacial score (nSPS) is 12.9. The van der Waals surface area contributed by atoms with Gasteiger partial charge in [0.05, 0.1) is 23.4 Å². The molecule has 0 aliphatic rings. The number of nitrogens with one attached hydrogen (secondary N) is 1. The van der Waals surface area contributed by atoms with Crippen molar-refractivity contribution < 1.29 is 0 Å². The van der Waals surface area contributed by atoms with Crippen molar-refractivity contribution in [1.82, 2.24) is 15.1 Å². The first-order chi connectivity index (χ1) is 9.47. The van der Waals surface area contributed by atoms with Gasteiger partial charge >= 0.3 is 0 Å². The van der Waals surface area contributed by atoms with Gasteiger partial charge < -0.3 is 5.32 Å². The minimum atomic E-state index is 0.254. The van der Waals surface area contributed by atoms with Gasteiger partial charge in [0.1, 0.15) is 0 Å². The van der Waals surface area contributed by atoms with E-state index < -0.39 is 0 Å². The van der Waals surface area contributed by atoms with E-state index in [1.54, 1.807) is 11.3 Å². The number of aromatic nitrogens is 2. The van der Waals surface area contributed by atoms with E-state index in [-0.39, 0.29) is 6.04 Å². The van der Waals surface area contributed by atoms with E-state index in [1.165, 1.54) is 15.0 Å². The third-order valence-electron chi connectivity index (χ3n) is 3.26. The van der Waals surface area contributed by atoms with Crippen LogP contribution in [0.3, 0.4) is 0 Å². The van der Waals surface area contributed by atoms with Crippen molar-refractivity contribution in [3.05, 3.63) is 35.1 Å². The Hall–Kier alpha value is 0.310. The molecule has 0 fully saturated rings. The van der Waals surface area contributed by atoms with Crippen LogP contribution in [0.25, 0.3) is 0 Å². The number of aryl methyl sites for hydroxylation is 2. The van der Waals surface area contributed by atoms with E-state index in [0.717, 1.165) is 26.9 Å². The SMILES string of the molecule is CCn1nc(C)c(Br)c1CC(NC)c1cc(Br)sc1Br. The highest BCUT2D eigenvalue weighted by atomic mass is 79.9. The number of likely N-dealkylation sites (N-methyl/N-ethyl adjacent to an activating group) is 1. The summed E-state index contributed by atoms with van der Waals surface area (Å²) in [5.41, 5.74) is 3.55. The largest absolute Gasteiger partial charge is 0.313 e. The highest BCUT2D eigenvalue weighted by Gasteiger charge is 2.21. The van der Waals surface area contributed by atoms with Gasteiger partial charge in [0, 0.05) is 19.0 Å². The summed E-state index contributed by atoms with van der Waals surface area (Å²) >= 11 is 12.6. The highest BCUT2D eigenvalue weighted by Crippen LogP contribution is 2.37. The second-order valence-corrected chi connectivity index (χ2v) is 9.03. The Morgan fingerprint density at radius 2 is 2.10 bits per heavy atom. The molecule has 0 aliphatic carbocycles. The molecule has 0 radical (unpaired) electrons. The van der Waals surface area contributed by atoms with Gasteiger partial charge in [-0.25, -0.2) is 0 Å². The first-order valence-electron chi connectivity index (χ1n) is 6.31. The van der Waals surface area contributed by atoms with Crippen molar-refractivity contribution >= 4 is 59.1 Å². The van der Waals surface area contributed by atoms with Crippen LogP contribution in [0.15, 0.2) is 18.1 Å². The maximum absolute atomic E-state index is 4.56. The van der Waals surface area contributed by atoms with E-state index in [9.17, 15) is 0 Å². The highest BCUT2D eigenvalue weighted by molar-refractivity contribution is 9.12. The molecule has 0 spiro atoms. The number of rotatable bonds is 5. The topological polar surface area (TPSA) is 29.9 Å². The first-order valence-corrected chi connectivity index (χ1v) is 9.51. The molecule has 2 aromatic heterocycles. The molecule has 2 rings (SSSR count). The summed E-state index contributed by atoms with van der Waals surface area (Å²) in [6.07, 6.45) is 0.896. The van der Waals surface area contributed by atoms with Crippen molar-refractivity contribution in [2.75, 3.05) is 7.05 Å². The average Bonchev–Trinajstić information content (AvgIpc) is 2.88. The van der Waals surface area contributed by atoms with Gasteiger partial charge in [-0.3, -0.25) is 4.68 Å². The molecule has 2 heterocycles. The second kappa shape index (κ2) is 7.05. The molecule has 2 aromatic rings. The van der Waals surface area contributed by atoms with Crippen LogP contribution in [0.2, 0.25) is 0 Å². The van der Waals surface area contributed by atoms with Crippen LogP contribution < -0.4 is 5.32 Å². The third kappa shape index (κ3) is 3.38. The molecule has 0 saturated heterocycles. The quantitative estimate of drug-likeness (QED) is 0.641. The summed E-state index contributed by atoms with van der Waals surface area (Å²) in [5, 5.41) is 7.96. The van der Waals surface area contributed by atoms with Crippen molar-refractivity contribution in [2.45, 2.75) is 32.9 Å². The predicted octanol–water partition coefficient (Wildman–Crippen LogP) is 5.06. The van der Waals surface area contributed by atoms with Crippen LogP contribution in [-0.4, -0.2) is 16.8 Å². The number of hydrogen-bond donors (Lipinski definition) is 1. The second-order valence-electron chi connectivity index (χ2n) is 4.49. The van der Waals surface area contributed by atoms with Crippen LogP contribution >= 0.6 is 59.1 Å². The summed E-state index contributed by atoms with van der Waals surface area (Å²) < 4.78 is 5.49. The van der Waals surface area contributed by atoms with Crippen molar-refractivity contribution in [3.63, 3.8) is 0 Å². The van der Waals surface area contributed by atoms with Gasteiger partial charge in [-0.15, -0.1) is 11.3 Å². The Labute approximate surface area is 148 Å². The molecule has 0 saturated carbocycles. The van der Waals surface area contributed by atoms with Gasteiger partial charge in [0.2, 0.25) is 0 Å². The van der Waals surface area contributed by atoms with Crippen LogP contribution in [-0.2, 0) is 13.0 Å². The molecule has 7 heteroatoms. The first kappa shape index (κ1) is 16.7. The van der Waals surface area contributed by atoms with E-state index in [1.807, 2.05) is 14.0 Å². The molecular weight excluding hydrogens is 470 g/mol. The molecule has 1 N–H and O–H groups in total. The molecule has 1 atom stereocenters. The van der Waals surface area contributed by atoms with E-state index in [0.29, 0.717) is 0 Å². The molecule has 0 aromatic carbocycles. The fraction of sp³-hybridized carbons (Fsp3) is 0.462. The Bertz CT molecular complexity index is 606. The van der Waals surface area contributed by atoms with Crippen LogP contribution in [0.5, 0.6) is 0 Å². The Kier molecular flexibility index (Phi) is 5.88. The number of halogens is 3. The molecule has 1 unspecified atom stereocenters. The van der Waals surface area contributed by atoms with Crippen molar-refractivity contribution in [1.29, 1.82) is 0 Å². The molecule has 0 bridgehead atoms. The van der Waals surface area contributed by atoms with Crippen LogP contribution in [0.4, 0.5) is 0 Å². The summed E-state index contributed by atoms with van der Waals surface area (Å²) in [6, 6.07) is 2.42. The molecule has 3 nitrogen and oxygen atoms in total. The summed E-state index contributed by atoms with van der Waals surface area (Å²) in [7, 11) is 2.00. The van der Waals surface area contributed by atoms with Crippen LogP contribution in [0, 0.1) is 6.92 Å². The maximum Gasteiger partial charge on any atom is 0.0758 e. The minimum Gasteiger partial charge on any atom is -0.313 e. The fourth-order valence-corrected chi connectivity index (χ4v) is 5.64. The summed E-state index contributed by atoms with van der Waals surface area (Å²) in [4.78, 5) is 0. The van der Waals surface area contributed by atoms with Gasteiger partial charge in [-0.05, 0) is 80.3 Å². The van der Waals surface area contributed by atoms with Gasteiger partial charge in [-0.2, -0.15) is 5.10 Å². The lowest BCUT2D eigenvalue weighted by Gasteiger charge is -2.17. The average molecular weight is 486 g/mol. The lowest BCUT2D eigenvalue weighted by Crippen LogP contribution is -2.20. The fourth-order valence-electron chi connectivity index (χ4n) is 2.22. The Morgan fingerprint density at radius 3 is 2.60 bits per heavy atom. The van der Waals surface area contributed by atoms with Crippen molar-refractivity contribution in [2.24, 2.45) is 0 Å².